The third kappa shape index (κ3) is 19.9. The fourth-order valence-corrected chi connectivity index (χ4v) is 8.20. The second kappa shape index (κ2) is 30.5. The first-order chi connectivity index (χ1) is 36.4. The molecule has 0 aromatic heterocycles. The lowest BCUT2D eigenvalue weighted by Gasteiger charge is -2.50. The lowest BCUT2D eigenvalue weighted by atomic mass is 9.95. The molecule has 3 aliphatic rings. The molecule has 4 rings (SSSR count). The summed E-state index contributed by atoms with van der Waals surface area (Å²) in [6.07, 6.45) is -27.4. The Labute approximate surface area is 449 Å². The van der Waals surface area contributed by atoms with Gasteiger partial charge in [0.15, 0.2) is 67.7 Å². The maximum absolute atomic E-state index is 14.4. The van der Waals surface area contributed by atoms with Gasteiger partial charge in [-0.15, -0.1) is 0 Å². The van der Waals surface area contributed by atoms with Crippen molar-refractivity contribution < 1.29 is 129 Å². The van der Waals surface area contributed by atoms with Crippen molar-refractivity contribution in [2.75, 3.05) is 38.3 Å². The van der Waals surface area contributed by atoms with Gasteiger partial charge in [0.05, 0.1) is 17.5 Å². The highest BCUT2D eigenvalue weighted by atomic mass is 79.9. The van der Waals surface area contributed by atoms with E-state index in [0.717, 1.165) is 62.3 Å². The van der Waals surface area contributed by atoms with Crippen molar-refractivity contribution in [3.8, 4) is 0 Å². The number of alkyl halides is 1. The summed E-state index contributed by atoms with van der Waals surface area (Å²) in [5.41, 5.74) is -0.0985. The largest absolute Gasteiger partial charge is 0.463 e. The summed E-state index contributed by atoms with van der Waals surface area (Å²) >= 11 is 3.06. The predicted molar refractivity (Wildman–Crippen MR) is 252 cm³/mol. The van der Waals surface area contributed by atoms with Crippen LogP contribution >= 0.6 is 15.9 Å². The Balaban J connectivity index is 2.03. The van der Waals surface area contributed by atoms with Crippen LogP contribution < -0.4 is 5.32 Å². The quantitative estimate of drug-likeness (QED) is 0.0632. The zero-order chi connectivity index (χ0) is 57.1. The minimum Gasteiger partial charge on any atom is -0.463 e. The van der Waals surface area contributed by atoms with E-state index < -0.39 is 172 Å². The molecular formula is C48H62BrNO27. The lowest BCUT2D eigenvalue weighted by molar-refractivity contribution is -0.385. The molecule has 29 heteroatoms. The van der Waals surface area contributed by atoms with Gasteiger partial charge in [-0.25, -0.2) is 4.79 Å². The first-order valence-corrected chi connectivity index (χ1v) is 24.9. The topological polar surface area (TPSA) is 347 Å². The molecule has 28 nitrogen and oxygen atoms in total. The van der Waals surface area contributed by atoms with Gasteiger partial charge in [-0.3, -0.25) is 47.9 Å². The first-order valence-electron chi connectivity index (χ1n) is 23.8. The number of benzene rings is 1. The van der Waals surface area contributed by atoms with Crippen molar-refractivity contribution in [3.63, 3.8) is 0 Å². The van der Waals surface area contributed by atoms with Gasteiger partial charge in [-0.05, 0) is 18.6 Å². The fraction of sp³-hybridized carbons (Fsp3) is 0.646. The number of hydrogen-bond acceptors (Lipinski definition) is 27. The summed E-state index contributed by atoms with van der Waals surface area (Å²) in [7, 11) is 0. The van der Waals surface area contributed by atoms with E-state index in [4.69, 9.17) is 75.8 Å². The SMILES string of the molecule is CC(=O)OC[C@H]1O[C@H](O[C@@H]2[C@H](OC(=O)c3ccccc3)[C@@H](O[C@@H]3[C@@H](OCCCNC(=O)CBr)O[C@H](COC(C)=O)[C@@H](OC(C)=O)[C@@H]3OC(C)=O)O[C@H](COC(C)=O)[C@H]2OC(C)=O)[C@@H](OC(C)=O)[C@@H](OC(C)=O)[C@@H]1OC(C)=O. The Bertz CT molecular complexity index is 2250. The van der Waals surface area contributed by atoms with Gasteiger partial charge in [0.25, 0.3) is 0 Å². The monoisotopic (exact) mass is 1160 g/mol. The van der Waals surface area contributed by atoms with E-state index in [-0.39, 0.29) is 36.4 Å². The van der Waals surface area contributed by atoms with Crippen molar-refractivity contribution in [2.24, 2.45) is 0 Å². The number of rotatable bonds is 24. The molecule has 0 unspecified atom stereocenters. The maximum Gasteiger partial charge on any atom is 0.338 e. The smallest absolute Gasteiger partial charge is 0.338 e. The highest BCUT2D eigenvalue weighted by molar-refractivity contribution is 9.09. The molecule has 3 saturated heterocycles. The summed E-state index contributed by atoms with van der Waals surface area (Å²) in [6.45, 7) is 6.77. The summed E-state index contributed by atoms with van der Waals surface area (Å²) in [5, 5.41) is 2.63. The fourth-order valence-electron chi connectivity index (χ4n) is 8.01. The highest BCUT2D eigenvalue weighted by Gasteiger charge is 2.60. The van der Waals surface area contributed by atoms with Crippen molar-refractivity contribution in [3.05, 3.63) is 35.9 Å². The molecule has 15 atom stereocenters. The van der Waals surface area contributed by atoms with Crippen LogP contribution in [0.4, 0.5) is 0 Å². The molecule has 3 aliphatic heterocycles. The van der Waals surface area contributed by atoms with Crippen molar-refractivity contribution in [1.29, 1.82) is 0 Å². The normalized spacial score (nSPS) is 28.7. The van der Waals surface area contributed by atoms with Gasteiger partial charge in [0, 0.05) is 68.9 Å². The van der Waals surface area contributed by atoms with Gasteiger partial charge in [0.1, 0.15) is 44.2 Å². The molecule has 77 heavy (non-hydrogen) atoms. The van der Waals surface area contributed by atoms with E-state index in [1.165, 1.54) is 24.3 Å². The first kappa shape index (κ1) is 63.2. The molecule has 1 N–H and O–H groups in total. The third-order valence-corrected chi connectivity index (χ3v) is 11.3. The van der Waals surface area contributed by atoms with Gasteiger partial charge in [-0.1, -0.05) is 34.1 Å². The predicted octanol–water partition coefficient (Wildman–Crippen LogP) is 0.354. The number of carbonyl (C=O) groups is 11. The highest BCUT2D eigenvalue weighted by Crippen LogP contribution is 2.39. The Hall–Kier alpha value is -6.37. The molecule has 428 valence electrons. The molecule has 0 radical (unpaired) electrons. The van der Waals surface area contributed by atoms with Crippen LogP contribution in [0.5, 0.6) is 0 Å². The molecule has 3 fully saturated rings. The average molecular weight is 1160 g/mol. The number of esters is 10. The lowest BCUT2D eigenvalue weighted by Crippen LogP contribution is -2.69. The van der Waals surface area contributed by atoms with Crippen molar-refractivity contribution >= 4 is 81.5 Å². The van der Waals surface area contributed by atoms with Crippen LogP contribution in [0, 0.1) is 0 Å². The zero-order valence-corrected chi connectivity index (χ0v) is 45.0. The number of carbonyl (C=O) groups excluding carboxylic acids is 11. The second-order valence-corrected chi connectivity index (χ2v) is 17.7. The van der Waals surface area contributed by atoms with Crippen molar-refractivity contribution in [1.82, 2.24) is 5.32 Å². The minimum atomic E-state index is -2.13. The Morgan fingerprint density at radius 3 is 1.22 bits per heavy atom. The van der Waals surface area contributed by atoms with E-state index in [2.05, 4.69) is 21.2 Å². The van der Waals surface area contributed by atoms with Crippen LogP contribution in [0.25, 0.3) is 0 Å². The molecule has 3 heterocycles. The number of amides is 1. The number of nitrogens with one attached hydrogen (secondary N) is 1. The molecule has 1 aromatic rings. The van der Waals surface area contributed by atoms with Crippen LogP contribution in [0.1, 0.15) is 79.1 Å². The van der Waals surface area contributed by atoms with Crippen LogP contribution in [0.15, 0.2) is 30.3 Å². The summed E-state index contributed by atoms with van der Waals surface area (Å²) < 4.78 is 94.2. The Morgan fingerprint density at radius 1 is 0.442 bits per heavy atom. The van der Waals surface area contributed by atoms with Crippen LogP contribution in [-0.2, 0) is 124 Å². The zero-order valence-electron chi connectivity index (χ0n) is 43.4. The van der Waals surface area contributed by atoms with E-state index in [0.29, 0.717) is 0 Å². The number of ether oxygens (including phenoxy) is 16. The number of halogens is 1. The molecule has 1 amide bonds. The van der Waals surface area contributed by atoms with E-state index in [1.54, 1.807) is 6.07 Å². The summed E-state index contributed by atoms with van der Waals surface area (Å²) in [4.78, 5) is 140. The van der Waals surface area contributed by atoms with Gasteiger partial charge in [-0.2, -0.15) is 0 Å². The Morgan fingerprint density at radius 2 is 0.805 bits per heavy atom. The number of hydrogen-bond donors (Lipinski definition) is 1. The third-order valence-electron chi connectivity index (χ3n) is 10.8. The van der Waals surface area contributed by atoms with Gasteiger partial charge < -0.3 is 81.1 Å². The molecule has 0 saturated carbocycles. The standard InChI is InChI=1S/C48H62BrNO27/c1-22(51)63-19-32-36(66-25(4)54)39(69-28(7)57)42(46(72-32)62-17-13-16-50-35(60)18-49)77-48-44(75-45(61)31-14-11-10-12-15-31)41(38(68-27(6)56)34(74-48)21-65-24(3)53)76-47-43(71-30(9)59)40(70-29(8)58)37(67-26(5)55)33(73-47)20-64-23(2)52/h10-12,14-15,32-34,36-44,46-48H,13,16-21H2,1-9H3,(H,50,60)/t32-,33-,34-,36-,37-,38-,39+,40+,41+,42+,43+,44+,46+,47-,48-/m1/s1. The van der Waals surface area contributed by atoms with Gasteiger partial charge in [0.2, 0.25) is 5.91 Å². The second-order valence-electron chi connectivity index (χ2n) is 17.1. The molecule has 1 aromatic carbocycles. The molecule has 0 spiro atoms. The van der Waals surface area contributed by atoms with Gasteiger partial charge >= 0.3 is 59.7 Å². The molecular weight excluding hydrogens is 1100 g/mol. The van der Waals surface area contributed by atoms with Crippen LogP contribution in [0.3, 0.4) is 0 Å². The van der Waals surface area contributed by atoms with E-state index >= 15 is 0 Å². The summed E-state index contributed by atoms with van der Waals surface area (Å²) in [6, 6.07) is 7.27. The molecule has 0 aliphatic carbocycles. The van der Waals surface area contributed by atoms with E-state index in [1.807, 2.05) is 0 Å². The minimum absolute atomic E-state index is 0.0124. The maximum atomic E-state index is 14.4. The molecule has 0 bridgehead atoms. The van der Waals surface area contributed by atoms with E-state index in [9.17, 15) is 52.7 Å². The van der Waals surface area contributed by atoms with Crippen molar-refractivity contribution in [2.45, 2.75) is 161 Å². The average Bonchev–Trinajstić information content (AvgIpc) is 3.35. The Kier molecular flexibility index (Phi) is 25.1. The van der Waals surface area contributed by atoms with Crippen LogP contribution in [-0.4, -0.2) is 196 Å². The van der Waals surface area contributed by atoms with Crippen LogP contribution in [0.2, 0.25) is 0 Å². The summed E-state index contributed by atoms with van der Waals surface area (Å²) in [5.74, 6) is -10.0.